The SMILES string of the molecule is CC1(C)c2ccccc2-c2ccc(N(c3ccc4c(c3)C3(c5ccccc5-c5ccccc53)c3ccccc3-4)c3ccc4c(c3)sc3ccccc34)cc21. The van der Waals surface area contributed by atoms with E-state index in [-0.39, 0.29) is 5.41 Å². The first-order valence-corrected chi connectivity index (χ1v) is 19.7. The third-order valence-corrected chi connectivity index (χ3v) is 13.8. The zero-order chi connectivity index (χ0) is 35.8. The molecule has 54 heavy (non-hydrogen) atoms. The normalized spacial score (nSPS) is 14.8. The number of thiophene rings is 1. The average Bonchev–Trinajstić information content (AvgIpc) is 3.90. The minimum Gasteiger partial charge on any atom is -0.310 e. The van der Waals surface area contributed by atoms with Gasteiger partial charge in [-0.2, -0.15) is 0 Å². The Hall–Kier alpha value is -6.22. The van der Waals surface area contributed by atoms with E-state index < -0.39 is 5.41 Å². The van der Waals surface area contributed by atoms with Gasteiger partial charge in [-0.15, -0.1) is 11.3 Å². The summed E-state index contributed by atoms with van der Waals surface area (Å²) in [5.74, 6) is 0. The number of nitrogens with zero attached hydrogens (tertiary/aromatic N) is 1. The smallest absolute Gasteiger partial charge is 0.0726 e. The molecular formula is C52H35NS. The number of fused-ring (bicyclic) bond motifs is 16. The number of benzene rings is 8. The molecule has 0 saturated carbocycles. The summed E-state index contributed by atoms with van der Waals surface area (Å²) in [4.78, 5) is 2.51. The van der Waals surface area contributed by atoms with Gasteiger partial charge in [0.1, 0.15) is 0 Å². The molecule has 0 unspecified atom stereocenters. The average molecular weight is 706 g/mol. The Labute approximate surface area is 319 Å². The van der Waals surface area contributed by atoms with Crippen molar-refractivity contribution >= 4 is 48.6 Å². The van der Waals surface area contributed by atoms with Gasteiger partial charge < -0.3 is 4.90 Å². The van der Waals surface area contributed by atoms with Crippen molar-refractivity contribution in [1.29, 1.82) is 0 Å². The van der Waals surface area contributed by atoms with E-state index in [0.717, 1.165) is 5.69 Å². The largest absolute Gasteiger partial charge is 0.310 e. The van der Waals surface area contributed by atoms with Crippen molar-refractivity contribution in [2.24, 2.45) is 0 Å². The molecule has 2 heteroatoms. The lowest BCUT2D eigenvalue weighted by molar-refractivity contribution is 0.660. The summed E-state index contributed by atoms with van der Waals surface area (Å²) in [5.41, 5.74) is 19.2. The zero-order valence-corrected chi connectivity index (χ0v) is 30.9. The molecule has 1 heterocycles. The molecule has 0 amide bonds. The van der Waals surface area contributed by atoms with Crippen LogP contribution in [0.4, 0.5) is 17.1 Å². The zero-order valence-electron chi connectivity index (χ0n) is 30.1. The van der Waals surface area contributed by atoms with Crippen molar-refractivity contribution in [3.05, 3.63) is 209 Å². The second-order valence-corrected chi connectivity index (χ2v) is 16.7. The fraction of sp³-hybridized carbons (Fsp3) is 0.0769. The molecule has 0 radical (unpaired) electrons. The first-order chi connectivity index (χ1) is 26.5. The van der Waals surface area contributed by atoms with E-state index in [0.29, 0.717) is 0 Å². The Morgan fingerprint density at radius 3 is 1.41 bits per heavy atom. The highest BCUT2D eigenvalue weighted by Gasteiger charge is 2.51. The molecular weight excluding hydrogens is 671 g/mol. The van der Waals surface area contributed by atoms with Crippen molar-refractivity contribution in [3.63, 3.8) is 0 Å². The molecule has 1 aromatic heterocycles. The van der Waals surface area contributed by atoms with Gasteiger partial charge in [0.2, 0.25) is 0 Å². The van der Waals surface area contributed by atoms with Crippen LogP contribution in [-0.4, -0.2) is 0 Å². The van der Waals surface area contributed by atoms with Gasteiger partial charge in [-0.05, 0) is 109 Å². The molecule has 8 aromatic carbocycles. The van der Waals surface area contributed by atoms with Crippen LogP contribution in [0.2, 0.25) is 0 Å². The second-order valence-electron chi connectivity index (χ2n) is 15.6. The highest BCUT2D eigenvalue weighted by molar-refractivity contribution is 7.25. The van der Waals surface area contributed by atoms with E-state index in [4.69, 9.17) is 0 Å². The second kappa shape index (κ2) is 10.7. The van der Waals surface area contributed by atoms with Gasteiger partial charge in [-0.1, -0.05) is 147 Å². The van der Waals surface area contributed by atoms with E-state index >= 15 is 0 Å². The monoisotopic (exact) mass is 705 g/mol. The van der Waals surface area contributed by atoms with Crippen molar-refractivity contribution in [2.75, 3.05) is 4.90 Å². The fourth-order valence-electron chi connectivity index (χ4n) is 10.4. The summed E-state index contributed by atoms with van der Waals surface area (Å²) in [7, 11) is 0. The maximum atomic E-state index is 2.51. The van der Waals surface area contributed by atoms with Gasteiger partial charge in [-0.25, -0.2) is 0 Å². The highest BCUT2D eigenvalue weighted by Crippen LogP contribution is 2.63. The van der Waals surface area contributed by atoms with E-state index in [9.17, 15) is 0 Å². The summed E-state index contributed by atoms with van der Waals surface area (Å²) >= 11 is 1.88. The molecule has 9 aromatic rings. The van der Waals surface area contributed by atoms with Gasteiger partial charge in [0.25, 0.3) is 0 Å². The summed E-state index contributed by atoms with van der Waals surface area (Å²) < 4.78 is 2.63. The van der Waals surface area contributed by atoms with Crippen LogP contribution in [0, 0.1) is 0 Å². The van der Waals surface area contributed by atoms with Crippen molar-refractivity contribution < 1.29 is 0 Å². The molecule has 0 N–H and O–H groups in total. The van der Waals surface area contributed by atoms with Crippen LogP contribution in [0.1, 0.15) is 47.2 Å². The Kier molecular flexibility index (Phi) is 5.99. The summed E-state index contributed by atoms with van der Waals surface area (Å²) in [6, 6.07) is 66.4. The standard InChI is InChI=1S/C52H35NS/c1-51(2)43-18-8-3-13-35(43)39-26-23-32(29-47(39)51)53(34-25-28-42-41-17-7-12-22-49(41)54-50(42)31-34)33-24-27-40-38-16-6-11-21-46(38)52(48(40)30-33)44-19-9-4-14-36(44)37-15-5-10-20-45(37)52/h3-31H,1-2H3. The molecule has 12 rings (SSSR count). The van der Waals surface area contributed by atoms with Gasteiger partial charge in [-0.3, -0.25) is 0 Å². The molecule has 1 spiro atoms. The summed E-state index contributed by atoms with van der Waals surface area (Å²) in [5, 5.41) is 2.64. The van der Waals surface area contributed by atoms with Crippen LogP contribution in [0.3, 0.4) is 0 Å². The van der Waals surface area contributed by atoms with Crippen LogP contribution in [-0.2, 0) is 10.8 Å². The Morgan fingerprint density at radius 2 is 0.778 bits per heavy atom. The molecule has 3 aliphatic carbocycles. The van der Waals surface area contributed by atoms with Crippen molar-refractivity contribution in [3.8, 4) is 33.4 Å². The maximum Gasteiger partial charge on any atom is 0.0726 e. The molecule has 254 valence electrons. The summed E-state index contributed by atoms with van der Waals surface area (Å²) in [6.07, 6.45) is 0. The highest BCUT2D eigenvalue weighted by atomic mass is 32.1. The van der Waals surface area contributed by atoms with E-state index in [2.05, 4.69) is 195 Å². The Morgan fingerprint density at radius 1 is 0.352 bits per heavy atom. The first kappa shape index (κ1) is 30.3. The number of rotatable bonds is 3. The molecule has 0 fully saturated rings. The van der Waals surface area contributed by atoms with Gasteiger partial charge in [0, 0.05) is 42.6 Å². The van der Waals surface area contributed by atoms with Crippen molar-refractivity contribution in [2.45, 2.75) is 24.7 Å². The van der Waals surface area contributed by atoms with E-state index in [1.54, 1.807) is 0 Å². The summed E-state index contributed by atoms with van der Waals surface area (Å²) in [6.45, 7) is 4.75. The number of hydrogen-bond donors (Lipinski definition) is 0. The third-order valence-electron chi connectivity index (χ3n) is 12.7. The fourth-order valence-corrected chi connectivity index (χ4v) is 11.5. The molecule has 0 atom stereocenters. The third kappa shape index (κ3) is 3.78. The topological polar surface area (TPSA) is 3.24 Å². The van der Waals surface area contributed by atoms with Crippen LogP contribution in [0.15, 0.2) is 176 Å². The van der Waals surface area contributed by atoms with Crippen molar-refractivity contribution in [1.82, 2.24) is 0 Å². The Balaban J connectivity index is 1.13. The van der Waals surface area contributed by atoms with Crippen LogP contribution in [0.5, 0.6) is 0 Å². The van der Waals surface area contributed by atoms with Crippen LogP contribution in [0.25, 0.3) is 53.6 Å². The van der Waals surface area contributed by atoms with Gasteiger partial charge >= 0.3 is 0 Å². The van der Waals surface area contributed by atoms with Gasteiger partial charge in [0.15, 0.2) is 0 Å². The molecule has 1 nitrogen and oxygen atoms in total. The predicted molar refractivity (Wildman–Crippen MR) is 228 cm³/mol. The molecule has 0 saturated heterocycles. The van der Waals surface area contributed by atoms with Crippen LogP contribution < -0.4 is 4.90 Å². The predicted octanol–water partition coefficient (Wildman–Crippen LogP) is 14.2. The molecule has 3 aliphatic rings. The molecule has 0 bridgehead atoms. The van der Waals surface area contributed by atoms with Gasteiger partial charge in [0.05, 0.1) is 5.41 Å². The lowest BCUT2D eigenvalue weighted by Crippen LogP contribution is -2.26. The number of anilines is 3. The van der Waals surface area contributed by atoms with E-state index in [1.165, 1.54) is 98.3 Å². The number of hydrogen-bond acceptors (Lipinski definition) is 2. The maximum absolute atomic E-state index is 2.51. The minimum atomic E-state index is -0.405. The first-order valence-electron chi connectivity index (χ1n) is 18.9. The Bertz CT molecular complexity index is 2990. The lowest BCUT2D eigenvalue weighted by atomic mass is 9.70. The molecule has 0 aliphatic heterocycles. The lowest BCUT2D eigenvalue weighted by Gasteiger charge is -2.32. The van der Waals surface area contributed by atoms with E-state index in [1.807, 2.05) is 11.3 Å². The van der Waals surface area contributed by atoms with Crippen LogP contribution >= 0.6 is 11.3 Å². The quantitative estimate of drug-likeness (QED) is 0.177. The minimum absolute atomic E-state index is 0.107.